The normalized spacial score (nSPS) is 10.7. The molecule has 0 radical (unpaired) electrons. The molecule has 0 fully saturated rings. The van der Waals surface area contributed by atoms with E-state index in [0.717, 1.165) is 5.56 Å². The van der Waals surface area contributed by atoms with Gasteiger partial charge in [-0.1, -0.05) is 54.2 Å². The van der Waals surface area contributed by atoms with Gasteiger partial charge < -0.3 is 4.98 Å². The Morgan fingerprint density at radius 3 is 2.52 bits per heavy atom. The molecular formula is C15H9ClN2O2S. The predicted octanol–water partition coefficient (Wildman–Crippen LogP) is 5.13. The molecule has 1 aromatic heterocycles. The van der Waals surface area contributed by atoms with Gasteiger partial charge in [-0.3, -0.25) is 10.1 Å². The van der Waals surface area contributed by atoms with Crippen LogP contribution in [0.1, 0.15) is 0 Å². The average Bonchev–Trinajstić information content (AvgIpc) is 2.47. The van der Waals surface area contributed by atoms with E-state index >= 15 is 0 Å². The van der Waals surface area contributed by atoms with Gasteiger partial charge in [0.2, 0.25) is 0 Å². The van der Waals surface area contributed by atoms with Gasteiger partial charge in [0.15, 0.2) is 4.64 Å². The number of nitrogens with one attached hydrogen (secondary N) is 1. The summed E-state index contributed by atoms with van der Waals surface area (Å²) < 4.78 is 0.105. The lowest BCUT2D eigenvalue weighted by atomic mass is 10.00. The summed E-state index contributed by atoms with van der Waals surface area (Å²) in [6.45, 7) is 0. The summed E-state index contributed by atoms with van der Waals surface area (Å²) in [4.78, 5) is 13.9. The van der Waals surface area contributed by atoms with Gasteiger partial charge in [0.25, 0.3) is 0 Å². The van der Waals surface area contributed by atoms with Crippen LogP contribution in [0.4, 0.5) is 5.69 Å². The summed E-state index contributed by atoms with van der Waals surface area (Å²) in [5.41, 5.74) is 1.83. The maximum absolute atomic E-state index is 11.4. The van der Waals surface area contributed by atoms with Crippen LogP contribution in [0.15, 0.2) is 48.5 Å². The average molecular weight is 317 g/mol. The molecule has 1 heterocycles. The van der Waals surface area contributed by atoms with Crippen molar-refractivity contribution in [1.29, 1.82) is 0 Å². The molecule has 0 aliphatic rings. The number of hydrogen-bond acceptors (Lipinski definition) is 3. The fourth-order valence-corrected chi connectivity index (χ4v) is 2.78. The van der Waals surface area contributed by atoms with E-state index < -0.39 is 4.92 Å². The molecule has 0 aliphatic heterocycles. The van der Waals surface area contributed by atoms with E-state index in [2.05, 4.69) is 4.98 Å². The van der Waals surface area contributed by atoms with Crippen LogP contribution in [-0.4, -0.2) is 9.91 Å². The van der Waals surface area contributed by atoms with E-state index in [9.17, 15) is 10.1 Å². The molecule has 0 aliphatic carbocycles. The van der Waals surface area contributed by atoms with E-state index in [-0.39, 0.29) is 10.3 Å². The molecule has 21 heavy (non-hydrogen) atoms. The zero-order valence-corrected chi connectivity index (χ0v) is 12.2. The lowest BCUT2D eigenvalue weighted by molar-refractivity contribution is -0.384. The zero-order valence-electron chi connectivity index (χ0n) is 10.7. The van der Waals surface area contributed by atoms with Crippen molar-refractivity contribution in [3.8, 4) is 11.1 Å². The second-order valence-corrected chi connectivity index (χ2v) is 5.34. The van der Waals surface area contributed by atoms with Crippen LogP contribution < -0.4 is 0 Å². The number of rotatable bonds is 2. The number of pyridine rings is 1. The van der Waals surface area contributed by atoms with Gasteiger partial charge in [0.05, 0.1) is 10.5 Å². The van der Waals surface area contributed by atoms with Crippen LogP contribution in [0.3, 0.4) is 0 Å². The molecular weight excluding hydrogens is 308 g/mol. The van der Waals surface area contributed by atoms with E-state index in [0.29, 0.717) is 21.5 Å². The number of nitro groups is 1. The monoisotopic (exact) mass is 316 g/mol. The predicted molar refractivity (Wildman–Crippen MR) is 86.2 cm³/mol. The van der Waals surface area contributed by atoms with E-state index in [1.54, 1.807) is 18.2 Å². The number of halogens is 1. The fourth-order valence-electron chi connectivity index (χ4n) is 2.33. The molecule has 0 saturated heterocycles. The Morgan fingerprint density at radius 1 is 1.14 bits per heavy atom. The summed E-state index contributed by atoms with van der Waals surface area (Å²) in [5.74, 6) is 0. The molecule has 0 saturated carbocycles. The van der Waals surface area contributed by atoms with Crippen molar-refractivity contribution in [1.82, 2.24) is 4.98 Å². The first-order valence-corrected chi connectivity index (χ1v) is 6.92. The topological polar surface area (TPSA) is 58.9 Å². The Kier molecular flexibility index (Phi) is 3.45. The molecule has 0 unspecified atom stereocenters. The Balaban J connectivity index is 2.53. The highest BCUT2D eigenvalue weighted by molar-refractivity contribution is 7.71. The smallest absolute Gasteiger partial charge is 0.312 e. The van der Waals surface area contributed by atoms with E-state index in [1.807, 2.05) is 30.3 Å². The van der Waals surface area contributed by atoms with Crippen molar-refractivity contribution in [3.05, 3.63) is 68.3 Å². The van der Waals surface area contributed by atoms with Gasteiger partial charge in [-0.2, -0.15) is 0 Å². The molecule has 104 valence electrons. The molecule has 0 spiro atoms. The van der Waals surface area contributed by atoms with Gasteiger partial charge in [0, 0.05) is 15.9 Å². The molecule has 3 rings (SSSR count). The van der Waals surface area contributed by atoms with Crippen molar-refractivity contribution in [2.75, 3.05) is 0 Å². The molecule has 1 N–H and O–H groups in total. The molecule has 2 aromatic carbocycles. The third-order valence-electron chi connectivity index (χ3n) is 3.20. The minimum Gasteiger partial charge on any atom is -0.340 e. The first-order chi connectivity index (χ1) is 10.1. The van der Waals surface area contributed by atoms with E-state index in [4.69, 9.17) is 23.8 Å². The summed E-state index contributed by atoms with van der Waals surface area (Å²) in [7, 11) is 0. The Labute approximate surface area is 130 Å². The fraction of sp³-hybridized carbons (Fsp3) is 0. The van der Waals surface area contributed by atoms with Crippen LogP contribution in [0, 0.1) is 14.8 Å². The lowest BCUT2D eigenvalue weighted by Gasteiger charge is -2.09. The van der Waals surface area contributed by atoms with Crippen molar-refractivity contribution in [3.63, 3.8) is 0 Å². The minimum atomic E-state index is -0.457. The van der Waals surface area contributed by atoms with Gasteiger partial charge in [-0.05, 0) is 23.8 Å². The van der Waals surface area contributed by atoms with E-state index in [1.165, 1.54) is 0 Å². The molecule has 0 atom stereocenters. The Morgan fingerprint density at radius 2 is 1.86 bits per heavy atom. The molecule has 0 amide bonds. The number of aromatic amines is 1. The van der Waals surface area contributed by atoms with Gasteiger partial charge in [-0.25, -0.2) is 0 Å². The van der Waals surface area contributed by atoms with Crippen molar-refractivity contribution in [2.45, 2.75) is 0 Å². The van der Waals surface area contributed by atoms with Crippen LogP contribution in [0.2, 0.25) is 5.02 Å². The first kappa shape index (κ1) is 13.7. The third kappa shape index (κ3) is 2.41. The highest BCUT2D eigenvalue weighted by Crippen LogP contribution is 2.37. The molecule has 3 aromatic rings. The number of nitrogens with zero attached hydrogens (tertiary/aromatic N) is 1. The van der Waals surface area contributed by atoms with Crippen LogP contribution in [-0.2, 0) is 0 Å². The minimum absolute atomic E-state index is 0.105. The van der Waals surface area contributed by atoms with Crippen molar-refractivity contribution < 1.29 is 4.92 Å². The number of hydrogen-bond donors (Lipinski definition) is 1. The molecule has 0 bridgehead atoms. The summed E-state index contributed by atoms with van der Waals surface area (Å²) in [6.07, 6.45) is 0. The number of aromatic nitrogens is 1. The zero-order chi connectivity index (χ0) is 15.0. The second kappa shape index (κ2) is 5.27. The number of fused-ring (bicyclic) bond motifs is 1. The largest absolute Gasteiger partial charge is 0.340 e. The van der Waals surface area contributed by atoms with Gasteiger partial charge >= 0.3 is 5.69 Å². The molecule has 4 nitrogen and oxygen atoms in total. The number of H-pyrrole nitrogens is 1. The lowest BCUT2D eigenvalue weighted by Crippen LogP contribution is -1.97. The standard InChI is InChI=1S/C15H9ClN2O2S/c16-10-6-7-12-11(8-10)13(9-4-2-1-3-5-9)14(18(19)20)15(21)17-12/h1-8H,(H,17,21). The first-order valence-electron chi connectivity index (χ1n) is 6.13. The van der Waals surface area contributed by atoms with Gasteiger partial charge in [-0.15, -0.1) is 0 Å². The Bertz CT molecular complexity index is 907. The quantitative estimate of drug-likeness (QED) is 0.405. The summed E-state index contributed by atoms with van der Waals surface area (Å²) in [6, 6.07) is 14.3. The SMILES string of the molecule is O=[N+]([O-])c1c(-c2ccccc2)c2cc(Cl)ccc2[nH]c1=S. The second-order valence-electron chi connectivity index (χ2n) is 4.49. The Hall–Kier alpha value is -2.24. The molecule has 6 heteroatoms. The highest BCUT2D eigenvalue weighted by atomic mass is 35.5. The highest BCUT2D eigenvalue weighted by Gasteiger charge is 2.21. The van der Waals surface area contributed by atoms with Crippen LogP contribution in [0.25, 0.3) is 22.0 Å². The van der Waals surface area contributed by atoms with Crippen molar-refractivity contribution >= 4 is 40.4 Å². The third-order valence-corrected chi connectivity index (χ3v) is 3.73. The van der Waals surface area contributed by atoms with Crippen LogP contribution >= 0.6 is 23.8 Å². The van der Waals surface area contributed by atoms with Gasteiger partial charge in [0.1, 0.15) is 0 Å². The van der Waals surface area contributed by atoms with Crippen molar-refractivity contribution in [2.24, 2.45) is 0 Å². The number of benzene rings is 2. The maximum atomic E-state index is 11.4. The summed E-state index contributed by atoms with van der Waals surface area (Å²) in [5, 5.41) is 12.6. The van der Waals surface area contributed by atoms with Crippen LogP contribution in [0.5, 0.6) is 0 Å². The summed E-state index contributed by atoms with van der Waals surface area (Å²) >= 11 is 11.2. The maximum Gasteiger partial charge on any atom is 0.312 e.